The molecular formula is C16H20Cl3N3O2. The van der Waals surface area contributed by atoms with Crippen molar-refractivity contribution in [2.45, 2.75) is 18.9 Å². The Bertz CT molecular complexity index is 627. The Labute approximate surface area is 157 Å². The van der Waals surface area contributed by atoms with Crippen LogP contribution in [-0.4, -0.2) is 60.4 Å². The van der Waals surface area contributed by atoms with E-state index in [4.69, 9.17) is 23.2 Å². The quantitative estimate of drug-likeness (QED) is 0.841. The number of carbonyl (C=O) groups is 2. The average Bonchev–Trinajstić information content (AvgIpc) is 2.57. The summed E-state index contributed by atoms with van der Waals surface area (Å²) in [7, 11) is 0. The van der Waals surface area contributed by atoms with Crippen LogP contribution in [-0.2, 0) is 4.79 Å². The van der Waals surface area contributed by atoms with Crippen LogP contribution in [0.25, 0.3) is 0 Å². The molecule has 1 N–H and O–H groups in total. The molecule has 2 fully saturated rings. The van der Waals surface area contributed by atoms with E-state index >= 15 is 0 Å². The Morgan fingerprint density at radius 2 is 2.04 bits per heavy atom. The van der Waals surface area contributed by atoms with E-state index in [0.29, 0.717) is 41.8 Å². The molecular weight excluding hydrogens is 373 g/mol. The van der Waals surface area contributed by atoms with E-state index < -0.39 is 0 Å². The number of piperazine rings is 1. The van der Waals surface area contributed by atoms with Crippen LogP contribution in [0.2, 0.25) is 10.0 Å². The standard InChI is InChI=1S/C16H19Cl2N3O2.ClH/c17-11-3-4-14(18)13(8-11)16(23)20-6-1-2-12(10-20)21-7-5-19-9-15(21)22;/h3-4,8,12,19H,1-2,5-7,9-10H2;1H. The van der Waals surface area contributed by atoms with E-state index in [9.17, 15) is 9.59 Å². The monoisotopic (exact) mass is 391 g/mol. The topological polar surface area (TPSA) is 52.7 Å². The number of benzene rings is 1. The molecule has 1 aromatic carbocycles. The highest BCUT2D eigenvalue weighted by Gasteiger charge is 2.32. The maximum absolute atomic E-state index is 12.7. The van der Waals surface area contributed by atoms with Gasteiger partial charge in [0.15, 0.2) is 0 Å². The second-order valence-electron chi connectivity index (χ2n) is 5.94. The summed E-state index contributed by atoms with van der Waals surface area (Å²) in [6.45, 7) is 3.11. The van der Waals surface area contributed by atoms with Gasteiger partial charge < -0.3 is 15.1 Å². The van der Waals surface area contributed by atoms with Gasteiger partial charge in [-0.1, -0.05) is 23.2 Å². The Balaban J connectivity index is 0.00000208. The third-order valence-corrected chi connectivity index (χ3v) is 4.97. The number of nitrogens with one attached hydrogen (secondary N) is 1. The molecule has 2 amide bonds. The third-order valence-electron chi connectivity index (χ3n) is 4.41. The average molecular weight is 393 g/mol. The van der Waals surface area contributed by atoms with Crippen LogP contribution >= 0.6 is 35.6 Å². The van der Waals surface area contributed by atoms with Gasteiger partial charge in [0.2, 0.25) is 5.91 Å². The maximum Gasteiger partial charge on any atom is 0.255 e. The first-order valence-corrected chi connectivity index (χ1v) is 8.56. The van der Waals surface area contributed by atoms with Gasteiger partial charge in [0.25, 0.3) is 5.91 Å². The van der Waals surface area contributed by atoms with E-state index in [-0.39, 0.29) is 30.3 Å². The molecule has 132 valence electrons. The Hall–Kier alpha value is -1.01. The smallest absolute Gasteiger partial charge is 0.255 e. The van der Waals surface area contributed by atoms with E-state index in [1.54, 1.807) is 23.1 Å². The third kappa shape index (κ3) is 4.14. The van der Waals surface area contributed by atoms with Crippen molar-refractivity contribution in [1.29, 1.82) is 0 Å². The molecule has 2 aliphatic rings. The van der Waals surface area contributed by atoms with Crippen LogP contribution in [0.3, 0.4) is 0 Å². The van der Waals surface area contributed by atoms with Gasteiger partial charge in [-0.25, -0.2) is 0 Å². The minimum Gasteiger partial charge on any atom is -0.337 e. The highest BCUT2D eigenvalue weighted by Crippen LogP contribution is 2.25. The number of rotatable bonds is 2. The predicted molar refractivity (Wildman–Crippen MR) is 97.2 cm³/mol. The van der Waals surface area contributed by atoms with Crippen molar-refractivity contribution in [3.8, 4) is 0 Å². The lowest BCUT2D eigenvalue weighted by molar-refractivity contribution is -0.135. The zero-order chi connectivity index (χ0) is 16.4. The fraction of sp³-hybridized carbons (Fsp3) is 0.500. The zero-order valence-electron chi connectivity index (χ0n) is 13.1. The normalized spacial score (nSPS) is 21.4. The largest absolute Gasteiger partial charge is 0.337 e. The summed E-state index contributed by atoms with van der Waals surface area (Å²) in [4.78, 5) is 28.5. The van der Waals surface area contributed by atoms with Crippen molar-refractivity contribution >= 4 is 47.4 Å². The predicted octanol–water partition coefficient (Wildman–Crippen LogP) is 2.45. The Morgan fingerprint density at radius 1 is 1.25 bits per heavy atom. The van der Waals surface area contributed by atoms with Gasteiger partial charge in [0.05, 0.1) is 17.1 Å². The number of piperidine rings is 1. The van der Waals surface area contributed by atoms with Crippen molar-refractivity contribution in [3.63, 3.8) is 0 Å². The summed E-state index contributed by atoms with van der Waals surface area (Å²) in [6.07, 6.45) is 1.81. The number of halogens is 3. The van der Waals surface area contributed by atoms with Crippen LogP contribution in [0, 0.1) is 0 Å². The first-order valence-electron chi connectivity index (χ1n) is 7.81. The van der Waals surface area contributed by atoms with Crippen molar-refractivity contribution < 1.29 is 9.59 Å². The fourth-order valence-corrected chi connectivity index (χ4v) is 3.60. The molecule has 1 aromatic rings. The number of nitrogens with zero attached hydrogens (tertiary/aromatic N) is 2. The molecule has 0 aromatic heterocycles. The summed E-state index contributed by atoms with van der Waals surface area (Å²) in [5.74, 6) is -0.0129. The SMILES string of the molecule is Cl.O=C(c1cc(Cl)ccc1Cl)N1CCCC(N2CCNCC2=O)C1. The van der Waals surface area contributed by atoms with Crippen LogP contribution in [0.5, 0.6) is 0 Å². The molecule has 24 heavy (non-hydrogen) atoms. The van der Waals surface area contributed by atoms with Crippen molar-refractivity contribution in [2.75, 3.05) is 32.7 Å². The molecule has 0 bridgehead atoms. The van der Waals surface area contributed by atoms with Gasteiger partial charge >= 0.3 is 0 Å². The van der Waals surface area contributed by atoms with E-state index in [1.165, 1.54) is 0 Å². The lowest BCUT2D eigenvalue weighted by Crippen LogP contribution is -2.57. The number of hydrogen-bond acceptors (Lipinski definition) is 3. The lowest BCUT2D eigenvalue weighted by atomic mass is 10.0. The van der Waals surface area contributed by atoms with Crippen LogP contribution in [0.15, 0.2) is 18.2 Å². The van der Waals surface area contributed by atoms with Gasteiger partial charge in [-0.15, -0.1) is 12.4 Å². The summed E-state index contributed by atoms with van der Waals surface area (Å²) in [6, 6.07) is 4.99. The molecule has 1 unspecified atom stereocenters. The van der Waals surface area contributed by atoms with Crippen LogP contribution < -0.4 is 5.32 Å². The summed E-state index contributed by atoms with van der Waals surface area (Å²) < 4.78 is 0. The fourth-order valence-electron chi connectivity index (χ4n) is 3.23. The molecule has 0 saturated carbocycles. The first-order chi connectivity index (χ1) is 11.1. The van der Waals surface area contributed by atoms with Gasteiger partial charge in [0.1, 0.15) is 0 Å². The molecule has 0 aliphatic carbocycles. The van der Waals surface area contributed by atoms with Crippen molar-refractivity contribution in [1.82, 2.24) is 15.1 Å². The van der Waals surface area contributed by atoms with Gasteiger partial charge in [-0.05, 0) is 31.0 Å². The Morgan fingerprint density at radius 3 is 2.79 bits per heavy atom. The van der Waals surface area contributed by atoms with E-state index in [2.05, 4.69) is 5.32 Å². The summed E-state index contributed by atoms with van der Waals surface area (Å²) in [5.41, 5.74) is 0.423. The maximum atomic E-state index is 12.7. The number of hydrogen-bond donors (Lipinski definition) is 1. The number of amides is 2. The second kappa shape index (κ2) is 8.39. The number of likely N-dealkylation sites (tertiary alicyclic amines) is 1. The number of carbonyl (C=O) groups excluding carboxylic acids is 2. The van der Waals surface area contributed by atoms with Gasteiger partial charge in [-0.2, -0.15) is 0 Å². The highest BCUT2D eigenvalue weighted by molar-refractivity contribution is 6.35. The Kier molecular flexibility index (Phi) is 6.75. The molecule has 2 heterocycles. The lowest BCUT2D eigenvalue weighted by Gasteiger charge is -2.41. The molecule has 8 heteroatoms. The molecule has 5 nitrogen and oxygen atoms in total. The molecule has 3 rings (SSSR count). The van der Waals surface area contributed by atoms with Gasteiger partial charge in [-0.3, -0.25) is 9.59 Å². The molecule has 0 spiro atoms. The van der Waals surface area contributed by atoms with E-state index in [1.807, 2.05) is 4.90 Å². The summed E-state index contributed by atoms with van der Waals surface area (Å²) >= 11 is 12.1. The zero-order valence-corrected chi connectivity index (χ0v) is 15.5. The van der Waals surface area contributed by atoms with Crippen LogP contribution in [0.4, 0.5) is 0 Å². The molecule has 2 aliphatic heterocycles. The summed E-state index contributed by atoms with van der Waals surface area (Å²) in [5, 5.41) is 3.97. The first kappa shape index (κ1) is 19.3. The van der Waals surface area contributed by atoms with Crippen molar-refractivity contribution in [3.05, 3.63) is 33.8 Å². The molecule has 1 atom stereocenters. The highest BCUT2D eigenvalue weighted by atomic mass is 35.5. The minimum atomic E-state index is -0.121. The minimum absolute atomic E-state index is 0. The molecule has 2 saturated heterocycles. The van der Waals surface area contributed by atoms with Gasteiger partial charge in [0, 0.05) is 37.2 Å². The molecule has 0 radical (unpaired) electrons. The second-order valence-corrected chi connectivity index (χ2v) is 6.78. The van der Waals surface area contributed by atoms with Crippen LogP contribution in [0.1, 0.15) is 23.2 Å². The van der Waals surface area contributed by atoms with Crippen molar-refractivity contribution in [2.24, 2.45) is 0 Å². The van der Waals surface area contributed by atoms with E-state index in [0.717, 1.165) is 19.4 Å².